The van der Waals surface area contributed by atoms with Gasteiger partial charge in [-0.15, -0.1) is 11.6 Å². The number of aliphatic carboxylic acids is 1. The summed E-state index contributed by atoms with van der Waals surface area (Å²) >= 11 is 5.39. The van der Waals surface area contributed by atoms with Crippen LogP contribution in [0.3, 0.4) is 0 Å². The minimum Gasteiger partial charge on any atom is -0.480 e. The van der Waals surface area contributed by atoms with Crippen LogP contribution in [0.4, 0.5) is 0 Å². The van der Waals surface area contributed by atoms with Gasteiger partial charge in [0.2, 0.25) is 11.8 Å². The van der Waals surface area contributed by atoms with Gasteiger partial charge >= 0.3 is 5.97 Å². The number of rotatable bonds is 7. The summed E-state index contributed by atoms with van der Waals surface area (Å²) in [6, 6.07) is 8.22. The first-order chi connectivity index (χ1) is 9.52. The Morgan fingerprint density at radius 1 is 1.20 bits per heavy atom. The number of hydrogen-bond donors (Lipinski definition) is 3. The second-order valence-corrected chi connectivity index (χ2v) is 4.32. The lowest BCUT2D eigenvalue weighted by atomic mass is 10.1. The van der Waals surface area contributed by atoms with Gasteiger partial charge in [-0.2, -0.15) is 0 Å². The highest BCUT2D eigenvalue weighted by Gasteiger charge is 2.21. The summed E-state index contributed by atoms with van der Waals surface area (Å²) in [5, 5.41) is 13.2. The maximum Gasteiger partial charge on any atom is 0.322 e. The van der Waals surface area contributed by atoms with Crippen LogP contribution in [0.2, 0.25) is 0 Å². The highest BCUT2D eigenvalue weighted by Crippen LogP contribution is 2.03. The Bertz CT molecular complexity index is 479. The molecule has 6 nitrogen and oxygen atoms in total. The number of carboxylic acids is 1. The maximum atomic E-state index is 11.9. The van der Waals surface area contributed by atoms with Gasteiger partial charge in [0, 0.05) is 6.42 Å². The summed E-state index contributed by atoms with van der Waals surface area (Å²) in [7, 11) is 0. The summed E-state index contributed by atoms with van der Waals surface area (Å²) in [6.45, 7) is -0.499. The van der Waals surface area contributed by atoms with Crippen LogP contribution in [0, 0.1) is 0 Å². The Labute approximate surface area is 121 Å². The molecule has 1 atom stereocenters. The molecule has 1 unspecified atom stereocenters. The number of carbonyl (C=O) groups is 3. The van der Waals surface area contributed by atoms with Crippen molar-refractivity contribution >= 4 is 29.4 Å². The van der Waals surface area contributed by atoms with Crippen molar-refractivity contribution in [2.24, 2.45) is 0 Å². The Morgan fingerprint density at radius 3 is 2.40 bits per heavy atom. The SMILES string of the molecule is O=C(O)CNC(=O)C(Cc1ccccc1)NC(=O)CCl. The fraction of sp³-hybridized carbons (Fsp3) is 0.308. The molecule has 0 spiro atoms. The highest BCUT2D eigenvalue weighted by atomic mass is 35.5. The average molecular weight is 299 g/mol. The predicted octanol–water partition coefficient (Wildman–Crippen LogP) is 0.154. The Hall–Kier alpha value is -2.08. The van der Waals surface area contributed by atoms with Crippen molar-refractivity contribution in [2.75, 3.05) is 12.4 Å². The molecule has 0 aliphatic carbocycles. The van der Waals surface area contributed by atoms with Gasteiger partial charge < -0.3 is 15.7 Å². The van der Waals surface area contributed by atoms with Gasteiger partial charge in [0.15, 0.2) is 0 Å². The lowest BCUT2D eigenvalue weighted by Crippen LogP contribution is -2.49. The second-order valence-electron chi connectivity index (χ2n) is 4.05. The normalized spacial score (nSPS) is 11.4. The fourth-order valence-corrected chi connectivity index (χ4v) is 1.66. The molecule has 0 aromatic heterocycles. The zero-order chi connectivity index (χ0) is 15.0. The largest absolute Gasteiger partial charge is 0.480 e. The molecule has 0 fully saturated rings. The Morgan fingerprint density at radius 2 is 1.85 bits per heavy atom. The van der Waals surface area contributed by atoms with Crippen molar-refractivity contribution in [1.29, 1.82) is 0 Å². The molecule has 0 bridgehead atoms. The lowest BCUT2D eigenvalue weighted by molar-refractivity contribution is -0.138. The molecule has 3 N–H and O–H groups in total. The molecule has 0 radical (unpaired) electrons. The number of alkyl halides is 1. The third-order valence-electron chi connectivity index (χ3n) is 2.47. The van der Waals surface area contributed by atoms with Crippen LogP contribution in [0.25, 0.3) is 0 Å². The van der Waals surface area contributed by atoms with Gasteiger partial charge in [-0.3, -0.25) is 14.4 Å². The summed E-state index contributed by atoms with van der Waals surface area (Å²) in [6.07, 6.45) is 0.259. The number of hydrogen-bond acceptors (Lipinski definition) is 3. The summed E-state index contributed by atoms with van der Waals surface area (Å²) in [5.74, 6) is -2.47. The zero-order valence-corrected chi connectivity index (χ0v) is 11.4. The van der Waals surface area contributed by atoms with Crippen molar-refractivity contribution in [3.63, 3.8) is 0 Å². The van der Waals surface area contributed by atoms with Crippen molar-refractivity contribution in [3.8, 4) is 0 Å². The van der Waals surface area contributed by atoms with E-state index >= 15 is 0 Å². The van der Waals surface area contributed by atoms with Crippen LogP contribution < -0.4 is 10.6 Å². The minimum atomic E-state index is -1.15. The molecular weight excluding hydrogens is 284 g/mol. The van der Waals surface area contributed by atoms with E-state index in [1.807, 2.05) is 30.3 Å². The highest BCUT2D eigenvalue weighted by molar-refractivity contribution is 6.27. The molecule has 108 valence electrons. The standard InChI is InChI=1S/C13H15ClN2O4/c14-7-11(17)16-10(13(20)15-8-12(18)19)6-9-4-2-1-3-5-9/h1-5,10H,6-8H2,(H,15,20)(H,16,17)(H,18,19). The zero-order valence-electron chi connectivity index (χ0n) is 10.6. The minimum absolute atomic E-state index is 0.259. The summed E-state index contributed by atoms with van der Waals surface area (Å²) in [4.78, 5) is 33.6. The van der Waals surface area contributed by atoms with Crippen molar-refractivity contribution in [1.82, 2.24) is 10.6 Å². The summed E-state index contributed by atoms with van der Waals surface area (Å²) < 4.78 is 0. The van der Waals surface area contributed by atoms with E-state index in [1.165, 1.54) is 0 Å². The van der Waals surface area contributed by atoms with E-state index in [9.17, 15) is 14.4 Å². The second kappa shape index (κ2) is 8.16. The molecule has 1 rings (SSSR count). The van der Waals surface area contributed by atoms with Gasteiger partial charge in [-0.05, 0) is 5.56 Å². The molecule has 0 aliphatic heterocycles. The third kappa shape index (κ3) is 5.71. The van der Waals surface area contributed by atoms with Gasteiger partial charge in [-0.25, -0.2) is 0 Å². The van der Waals surface area contributed by atoms with E-state index in [1.54, 1.807) is 0 Å². The van der Waals surface area contributed by atoms with Crippen molar-refractivity contribution in [3.05, 3.63) is 35.9 Å². The number of carboxylic acid groups (broad SMARTS) is 1. The predicted molar refractivity (Wildman–Crippen MR) is 73.4 cm³/mol. The molecule has 2 amide bonds. The van der Waals surface area contributed by atoms with Crippen LogP contribution in [0.1, 0.15) is 5.56 Å². The molecular formula is C13H15ClN2O4. The van der Waals surface area contributed by atoms with Gasteiger partial charge in [0.1, 0.15) is 18.5 Å². The maximum absolute atomic E-state index is 11.9. The fourth-order valence-electron chi connectivity index (χ4n) is 1.58. The number of nitrogens with one attached hydrogen (secondary N) is 2. The van der Waals surface area contributed by atoms with Crippen LogP contribution in [0.15, 0.2) is 30.3 Å². The molecule has 7 heteroatoms. The summed E-state index contributed by atoms with van der Waals surface area (Å²) in [5.41, 5.74) is 0.845. The number of benzene rings is 1. The first kappa shape index (κ1) is 16.0. The molecule has 1 aromatic rings. The molecule has 20 heavy (non-hydrogen) atoms. The lowest BCUT2D eigenvalue weighted by Gasteiger charge is -2.17. The van der Waals surface area contributed by atoms with Gasteiger partial charge in [-0.1, -0.05) is 30.3 Å². The molecule has 0 aliphatic rings. The molecule has 0 heterocycles. The van der Waals surface area contributed by atoms with E-state index in [4.69, 9.17) is 16.7 Å². The molecule has 0 saturated carbocycles. The van der Waals surface area contributed by atoms with E-state index in [-0.39, 0.29) is 12.3 Å². The van der Waals surface area contributed by atoms with Crippen LogP contribution >= 0.6 is 11.6 Å². The number of amides is 2. The molecule has 1 aromatic carbocycles. The quantitative estimate of drug-likeness (QED) is 0.625. The van der Waals surface area contributed by atoms with Crippen molar-refractivity contribution < 1.29 is 19.5 Å². The van der Waals surface area contributed by atoms with E-state index < -0.39 is 30.4 Å². The van der Waals surface area contributed by atoms with Gasteiger partial charge in [0.05, 0.1) is 0 Å². The van der Waals surface area contributed by atoms with E-state index in [2.05, 4.69) is 10.6 Å². The van der Waals surface area contributed by atoms with Gasteiger partial charge in [0.25, 0.3) is 0 Å². The van der Waals surface area contributed by atoms with E-state index in [0.29, 0.717) is 0 Å². The smallest absolute Gasteiger partial charge is 0.322 e. The van der Waals surface area contributed by atoms with Crippen LogP contribution in [-0.2, 0) is 20.8 Å². The average Bonchev–Trinajstić information content (AvgIpc) is 2.44. The van der Waals surface area contributed by atoms with Crippen LogP contribution in [0.5, 0.6) is 0 Å². The molecule has 0 saturated heterocycles. The monoisotopic (exact) mass is 298 g/mol. The van der Waals surface area contributed by atoms with Crippen LogP contribution in [-0.4, -0.2) is 41.4 Å². The topological polar surface area (TPSA) is 95.5 Å². The number of halogens is 1. The Kier molecular flexibility index (Phi) is 6.52. The first-order valence-corrected chi connectivity index (χ1v) is 6.45. The van der Waals surface area contributed by atoms with Crippen molar-refractivity contribution in [2.45, 2.75) is 12.5 Å². The number of carbonyl (C=O) groups excluding carboxylic acids is 2. The Balaban J connectivity index is 2.71. The van der Waals surface area contributed by atoms with E-state index in [0.717, 1.165) is 5.56 Å². The third-order valence-corrected chi connectivity index (χ3v) is 2.71. The first-order valence-electron chi connectivity index (χ1n) is 5.91.